The predicted octanol–water partition coefficient (Wildman–Crippen LogP) is 4.49. The van der Waals surface area contributed by atoms with Crippen LogP contribution in [-0.4, -0.2) is 24.7 Å². The minimum Gasteiger partial charge on any atom is -0.364 e. The van der Waals surface area contributed by atoms with E-state index in [4.69, 9.17) is 23.2 Å². The van der Waals surface area contributed by atoms with E-state index in [2.05, 4.69) is 23.2 Å². The average Bonchev–Trinajstić information content (AvgIpc) is 2.39. The number of fused-ring (bicyclic) bond motifs is 2. The summed E-state index contributed by atoms with van der Waals surface area (Å²) in [6, 6.07) is 7.80. The highest BCUT2D eigenvalue weighted by Crippen LogP contribution is 2.41. The van der Waals surface area contributed by atoms with Crippen LogP contribution in [0.25, 0.3) is 0 Å². The van der Waals surface area contributed by atoms with Gasteiger partial charge in [0.05, 0.1) is 10.7 Å². The Morgan fingerprint density at radius 3 is 2.50 bits per heavy atom. The summed E-state index contributed by atoms with van der Waals surface area (Å²) in [7, 11) is 0. The zero-order chi connectivity index (χ0) is 14.1. The van der Waals surface area contributed by atoms with E-state index in [1.165, 1.54) is 37.8 Å². The monoisotopic (exact) mass is 312 g/mol. The lowest BCUT2D eigenvalue weighted by molar-refractivity contribution is 0.247. The van der Waals surface area contributed by atoms with Gasteiger partial charge in [-0.15, -0.1) is 0 Å². The molecule has 0 spiro atoms. The number of anilines is 1. The molecule has 2 heterocycles. The van der Waals surface area contributed by atoms with E-state index in [0.29, 0.717) is 23.1 Å². The minimum absolute atomic E-state index is 0.616. The number of piperidine rings is 2. The van der Waals surface area contributed by atoms with Crippen molar-refractivity contribution in [3.05, 3.63) is 28.2 Å². The summed E-state index contributed by atoms with van der Waals surface area (Å²) in [6.45, 7) is 3.25. The SMILES string of the molecule is CCNC1CC2CCCC(C1)N2c1ccc(Cl)cc1Cl. The molecule has 0 amide bonds. The van der Waals surface area contributed by atoms with Gasteiger partial charge in [-0.2, -0.15) is 0 Å². The van der Waals surface area contributed by atoms with Gasteiger partial charge in [-0.1, -0.05) is 30.1 Å². The maximum Gasteiger partial charge on any atom is 0.0654 e. The van der Waals surface area contributed by atoms with Crippen LogP contribution in [0.1, 0.15) is 39.0 Å². The molecule has 3 rings (SSSR count). The summed E-state index contributed by atoms with van der Waals surface area (Å²) in [5.74, 6) is 0. The molecule has 2 unspecified atom stereocenters. The van der Waals surface area contributed by atoms with Crippen molar-refractivity contribution in [2.24, 2.45) is 0 Å². The fourth-order valence-electron chi connectivity index (χ4n) is 3.92. The molecule has 20 heavy (non-hydrogen) atoms. The second kappa shape index (κ2) is 6.13. The first-order valence-corrected chi connectivity index (χ1v) is 8.41. The van der Waals surface area contributed by atoms with Crippen molar-refractivity contribution in [2.75, 3.05) is 11.4 Å². The minimum atomic E-state index is 0.616. The third-order valence-electron chi connectivity index (χ3n) is 4.66. The van der Waals surface area contributed by atoms with Gasteiger partial charge in [0.1, 0.15) is 0 Å². The summed E-state index contributed by atoms with van der Waals surface area (Å²) < 4.78 is 0. The molecule has 0 aliphatic carbocycles. The van der Waals surface area contributed by atoms with E-state index < -0.39 is 0 Å². The Balaban J connectivity index is 1.86. The summed E-state index contributed by atoms with van der Waals surface area (Å²) in [5.41, 5.74) is 1.17. The van der Waals surface area contributed by atoms with Crippen LogP contribution < -0.4 is 10.2 Å². The molecular weight excluding hydrogens is 291 g/mol. The molecule has 2 aliphatic heterocycles. The van der Waals surface area contributed by atoms with E-state index in [1.807, 2.05) is 12.1 Å². The molecule has 0 radical (unpaired) electrons. The van der Waals surface area contributed by atoms with E-state index in [0.717, 1.165) is 11.6 Å². The Morgan fingerprint density at radius 2 is 1.90 bits per heavy atom. The second-order valence-electron chi connectivity index (χ2n) is 5.97. The normalized spacial score (nSPS) is 29.6. The van der Waals surface area contributed by atoms with Crippen molar-refractivity contribution in [2.45, 2.75) is 57.2 Å². The molecule has 2 bridgehead atoms. The number of halogens is 2. The molecule has 110 valence electrons. The van der Waals surface area contributed by atoms with Gasteiger partial charge < -0.3 is 10.2 Å². The highest BCUT2D eigenvalue weighted by atomic mass is 35.5. The highest BCUT2D eigenvalue weighted by molar-refractivity contribution is 6.36. The summed E-state index contributed by atoms with van der Waals surface area (Å²) in [6.07, 6.45) is 6.34. The van der Waals surface area contributed by atoms with Crippen molar-refractivity contribution >= 4 is 28.9 Å². The Bertz CT molecular complexity index is 464. The van der Waals surface area contributed by atoms with Gasteiger partial charge in [-0.25, -0.2) is 0 Å². The van der Waals surface area contributed by atoms with Crippen LogP contribution in [0.3, 0.4) is 0 Å². The lowest BCUT2D eigenvalue weighted by Gasteiger charge is -2.50. The maximum atomic E-state index is 6.43. The van der Waals surface area contributed by atoms with Crippen molar-refractivity contribution in [1.29, 1.82) is 0 Å². The molecule has 2 aliphatic rings. The van der Waals surface area contributed by atoms with Crippen LogP contribution >= 0.6 is 23.2 Å². The first-order chi connectivity index (χ1) is 9.69. The number of benzene rings is 1. The zero-order valence-electron chi connectivity index (χ0n) is 11.9. The zero-order valence-corrected chi connectivity index (χ0v) is 13.4. The van der Waals surface area contributed by atoms with Crippen LogP contribution in [0.2, 0.25) is 10.0 Å². The van der Waals surface area contributed by atoms with Gasteiger partial charge in [0.25, 0.3) is 0 Å². The molecular formula is C16H22Cl2N2. The summed E-state index contributed by atoms with van der Waals surface area (Å²) in [4.78, 5) is 2.57. The predicted molar refractivity (Wildman–Crippen MR) is 87.1 cm³/mol. The fraction of sp³-hybridized carbons (Fsp3) is 0.625. The lowest BCUT2D eigenvalue weighted by atomic mass is 9.81. The molecule has 4 heteroatoms. The van der Waals surface area contributed by atoms with Crippen molar-refractivity contribution in [1.82, 2.24) is 5.32 Å². The van der Waals surface area contributed by atoms with Crippen molar-refractivity contribution < 1.29 is 0 Å². The fourth-order valence-corrected chi connectivity index (χ4v) is 4.43. The van der Waals surface area contributed by atoms with Crippen molar-refractivity contribution in [3.8, 4) is 0 Å². The smallest absolute Gasteiger partial charge is 0.0654 e. The third-order valence-corrected chi connectivity index (χ3v) is 5.19. The first-order valence-electron chi connectivity index (χ1n) is 7.65. The topological polar surface area (TPSA) is 15.3 Å². The van der Waals surface area contributed by atoms with E-state index >= 15 is 0 Å². The molecule has 2 saturated heterocycles. The van der Waals surface area contributed by atoms with Crippen molar-refractivity contribution in [3.63, 3.8) is 0 Å². The van der Waals surface area contributed by atoms with Gasteiger partial charge in [0, 0.05) is 23.1 Å². The standard InChI is InChI=1S/C16H22Cl2N2/c1-2-19-12-9-13-4-3-5-14(10-12)20(13)16-7-6-11(17)8-15(16)18/h6-8,12-14,19H,2-5,9-10H2,1H3. The molecule has 0 saturated carbocycles. The number of hydrogen-bond acceptors (Lipinski definition) is 2. The Morgan fingerprint density at radius 1 is 1.20 bits per heavy atom. The lowest BCUT2D eigenvalue weighted by Crippen LogP contribution is -2.56. The number of nitrogens with zero attached hydrogens (tertiary/aromatic N) is 1. The molecule has 1 aromatic rings. The van der Waals surface area contributed by atoms with E-state index in [1.54, 1.807) is 0 Å². The number of rotatable bonds is 3. The molecule has 1 N–H and O–H groups in total. The van der Waals surface area contributed by atoms with Gasteiger partial charge >= 0.3 is 0 Å². The highest BCUT2D eigenvalue weighted by Gasteiger charge is 2.38. The van der Waals surface area contributed by atoms with Crippen LogP contribution in [0.15, 0.2) is 18.2 Å². The van der Waals surface area contributed by atoms with Crippen LogP contribution in [0.4, 0.5) is 5.69 Å². The summed E-state index contributed by atoms with van der Waals surface area (Å²) >= 11 is 12.5. The summed E-state index contributed by atoms with van der Waals surface area (Å²) in [5, 5.41) is 5.13. The Kier molecular flexibility index (Phi) is 4.44. The largest absolute Gasteiger partial charge is 0.364 e. The molecule has 2 atom stereocenters. The van der Waals surface area contributed by atoms with Crippen LogP contribution in [-0.2, 0) is 0 Å². The molecule has 1 aromatic carbocycles. The Labute approximate surface area is 131 Å². The van der Waals surface area contributed by atoms with Gasteiger partial charge in [-0.05, 0) is 56.8 Å². The molecule has 2 fully saturated rings. The quantitative estimate of drug-likeness (QED) is 0.884. The third kappa shape index (κ3) is 2.79. The molecule has 0 aromatic heterocycles. The second-order valence-corrected chi connectivity index (χ2v) is 6.81. The van der Waals surface area contributed by atoms with Crippen LogP contribution in [0, 0.1) is 0 Å². The first kappa shape index (κ1) is 14.5. The van der Waals surface area contributed by atoms with Gasteiger partial charge in [0.2, 0.25) is 0 Å². The Hall–Kier alpha value is -0.440. The number of nitrogens with one attached hydrogen (secondary N) is 1. The number of hydrogen-bond donors (Lipinski definition) is 1. The average molecular weight is 313 g/mol. The maximum absolute atomic E-state index is 6.43. The van der Waals surface area contributed by atoms with E-state index in [-0.39, 0.29) is 0 Å². The van der Waals surface area contributed by atoms with Gasteiger partial charge in [-0.3, -0.25) is 0 Å². The van der Waals surface area contributed by atoms with Crippen LogP contribution in [0.5, 0.6) is 0 Å². The molecule has 2 nitrogen and oxygen atoms in total. The van der Waals surface area contributed by atoms with Gasteiger partial charge in [0.15, 0.2) is 0 Å². The van der Waals surface area contributed by atoms with E-state index in [9.17, 15) is 0 Å².